The standard InChI is InChI=1S/C12H11F2NO3/c13-8-1-2-9(14)7(5-8)6-15-10(12(17)18)3-4-11(15)16/h1-2,5,10H,3-4,6H2,(H,17,18). The lowest BCUT2D eigenvalue weighted by Gasteiger charge is -2.21. The van der Waals surface area contributed by atoms with Crippen LogP contribution in [0.5, 0.6) is 0 Å². The van der Waals surface area contributed by atoms with Crippen LogP contribution in [0.25, 0.3) is 0 Å². The summed E-state index contributed by atoms with van der Waals surface area (Å²) in [6, 6.07) is 1.94. The van der Waals surface area contributed by atoms with Gasteiger partial charge in [0.25, 0.3) is 0 Å². The number of amides is 1. The van der Waals surface area contributed by atoms with E-state index in [2.05, 4.69) is 0 Å². The van der Waals surface area contributed by atoms with Gasteiger partial charge in [-0.05, 0) is 24.6 Å². The van der Waals surface area contributed by atoms with Gasteiger partial charge in [-0.15, -0.1) is 0 Å². The first-order valence-corrected chi connectivity index (χ1v) is 5.45. The molecule has 1 saturated heterocycles. The van der Waals surface area contributed by atoms with E-state index < -0.39 is 23.6 Å². The highest BCUT2D eigenvalue weighted by Crippen LogP contribution is 2.23. The molecule has 96 valence electrons. The molecule has 0 aromatic heterocycles. The quantitative estimate of drug-likeness (QED) is 0.891. The highest BCUT2D eigenvalue weighted by molar-refractivity contribution is 5.87. The molecule has 1 aromatic carbocycles. The molecule has 1 aromatic rings. The third-order valence-corrected chi connectivity index (χ3v) is 2.96. The summed E-state index contributed by atoms with van der Waals surface area (Å²) >= 11 is 0. The number of carbonyl (C=O) groups is 2. The normalized spacial score (nSPS) is 19.3. The Bertz CT molecular complexity index is 504. The maximum Gasteiger partial charge on any atom is 0.326 e. The molecule has 0 aliphatic carbocycles. The fourth-order valence-corrected chi connectivity index (χ4v) is 2.04. The summed E-state index contributed by atoms with van der Waals surface area (Å²) in [7, 11) is 0. The third-order valence-electron chi connectivity index (χ3n) is 2.96. The average Bonchev–Trinajstić information content (AvgIpc) is 2.66. The zero-order valence-electron chi connectivity index (χ0n) is 9.40. The molecule has 1 unspecified atom stereocenters. The predicted octanol–water partition coefficient (Wildman–Crippen LogP) is 1.54. The van der Waals surface area contributed by atoms with E-state index in [9.17, 15) is 18.4 Å². The molecule has 2 rings (SSSR count). The van der Waals surface area contributed by atoms with Gasteiger partial charge in [-0.3, -0.25) is 4.79 Å². The van der Waals surface area contributed by atoms with E-state index >= 15 is 0 Å². The van der Waals surface area contributed by atoms with Crippen LogP contribution in [0.2, 0.25) is 0 Å². The fourth-order valence-electron chi connectivity index (χ4n) is 2.04. The van der Waals surface area contributed by atoms with E-state index in [0.717, 1.165) is 23.1 Å². The number of likely N-dealkylation sites (tertiary alicyclic amines) is 1. The van der Waals surface area contributed by atoms with Gasteiger partial charge >= 0.3 is 5.97 Å². The zero-order chi connectivity index (χ0) is 13.3. The Kier molecular flexibility index (Phi) is 3.27. The minimum Gasteiger partial charge on any atom is -0.480 e. The first-order chi connectivity index (χ1) is 8.49. The topological polar surface area (TPSA) is 57.6 Å². The van der Waals surface area contributed by atoms with Crippen molar-refractivity contribution in [1.29, 1.82) is 0 Å². The number of aliphatic carboxylic acids is 1. The highest BCUT2D eigenvalue weighted by Gasteiger charge is 2.36. The zero-order valence-corrected chi connectivity index (χ0v) is 9.40. The van der Waals surface area contributed by atoms with Crippen LogP contribution < -0.4 is 0 Å². The van der Waals surface area contributed by atoms with Crippen LogP contribution in [0, 0.1) is 11.6 Å². The number of carboxylic acids is 1. The highest BCUT2D eigenvalue weighted by atomic mass is 19.1. The Hall–Kier alpha value is -1.98. The minimum atomic E-state index is -1.13. The van der Waals surface area contributed by atoms with E-state index in [1.807, 2.05) is 0 Å². The molecule has 0 spiro atoms. The van der Waals surface area contributed by atoms with E-state index in [0.29, 0.717) is 0 Å². The molecule has 1 fully saturated rings. The van der Waals surface area contributed by atoms with E-state index in [1.54, 1.807) is 0 Å². The molecule has 1 N–H and O–H groups in total. The Labute approximate surface area is 102 Å². The lowest BCUT2D eigenvalue weighted by Crippen LogP contribution is -2.38. The first kappa shape index (κ1) is 12.5. The summed E-state index contributed by atoms with van der Waals surface area (Å²) in [6.45, 7) is -0.223. The molecule has 0 saturated carbocycles. The van der Waals surface area contributed by atoms with Crippen molar-refractivity contribution >= 4 is 11.9 Å². The van der Waals surface area contributed by atoms with Crippen molar-refractivity contribution in [3.8, 4) is 0 Å². The van der Waals surface area contributed by atoms with Crippen LogP contribution in [-0.2, 0) is 16.1 Å². The molecule has 1 amide bonds. The number of hydrogen-bond donors (Lipinski definition) is 1. The summed E-state index contributed by atoms with van der Waals surface area (Å²) < 4.78 is 26.4. The van der Waals surface area contributed by atoms with Gasteiger partial charge in [-0.1, -0.05) is 0 Å². The molecule has 4 nitrogen and oxygen atoms in total. The number of carboxylic acid groups (broad SMARTS) is 1. The number of benzene rings is 1. The molecular formula is C12H11F2NO3. The van der Waals surface area contributed by atoms with E-state index in [-0.39, 0.29) is 30.9 Å². The number of nitrogens with zero attached hydrogens (tertiary/aromatic N) is 1. The molecule has 1 atom stereocenters. The number of rotatable bonds is 3. The maximum atomic E-state index is 13.4. The van der Waals surface area contributed by atoms with Crippen LogP contribution >= 0.6 is 0 Å². The maximum absolute atomic E-state index is 13.4. The molecule has 6 heteroatoms. The molecule has 1 aliphatic heterocycles. The van der Waals surface area contributed by atoms with Gasteiger partial charge in [0.1, 0.15) is 17.7 Å². The number of halogens is 2. The Morgan fingerprint density at radius 1 is 1.44 bits per heavy atom. The summed E-state index contributed by atoms with van der Waals surface area (Å²) in [4.78, 5) is 23.5. The Balaban J connectivity index is 2.24. The Morgan fingerprint density at radius 2 is 2.17 bits per heavy atom. The SMILES string of the molecule is O=C(O)C1CCC(=O)N1Cc1cc(F)ccc1F. The smallest absolute Gasteiger partial charge is 0.326 e. The van der Waals surface area contributed by atoms with Crippen molar-refractivity contribution in [2.24, 2.45) is 0 Å². The van der Waals surface area contributed by atoms with Crippen molar-refractivity contribution < 1.29 is 23.5 Å². The lowest BCUT2D eigenvalue weighted by molar-refractivity contribution is -0.146. The van der Waals surface area contributed by atoms with Gasteiger partial charge in [-0.2, -0.15) is 0 Å². The molecule has 0 bridgehead atoms. The largest absolute Gasteiger partial charge is 0.480 e. The van der Waals surface area contributed by atoms with Crippen LogP contribution in [0.3, 0.4) is 0 Å². The summed E-state index contributed by atoms with van der Waals surface area (Å²) in [5.74, 6) is -2.76. The first-order valence-electron chi connectivity index (χ1n) is 5.45. The van der Waals surface area contributed by atoms with E-state index in [4.69, 9.17) is 5.11 Å². The molecular weight excluding hydrogens is 244 g/mol. The van der Waals surface area contributed by atoms with Crippen molar-refractivity contribution in [2.75, 3.05) is 0 Å². The minimum absolute atomic E-state index is 0.0171. The second kappa shape index (κ2) is 4.72. The lowest BCUT2D eigenvalue weighted by atomic mass is 10.1. The molecule has 0 radical (unpaired) electrons. The average molecular weight is 255 g/mol. The summed E-state index contributed by atoms with van der Waals surface area (Å²) in [5.41, 5.74) is -0.0171. The molecule has 18 heavy (non-hydrogen) atoms. The van der Waals surface area contributed by atoms with Crippen LogP contribution in [-0.4, -0.2) is 27.9 Å². The van der Waals surface area contributed by atoms with Gasteiger partial charge in [0.05, 0.1) is 0 Å². The number of carbonyl (C=O) groups excluding carboxylic acids is 1. The second-order valence-corrected chi connectivity index (χ2v) is 4.15. The summed E-state index contributed by atoms with van der Waals surface area (Å²) in [6.07, 6.45) is 0.318. The van der Waals surface area contributed by atoms with E-state index in [1.165, 1.54) is 0 Å². The van der Waals surface area contributed by atoms with Crippen LogP contribution in [0.4, 0.5) is 8.78 Å². The van der Waals surface area contributed by atoms with Crippen molar-refractivity contribution in [1.82, 2.24) is 4.90 Å². The van der Waals surface area contributed by atoms with Gasteiger partial charge < -0.3 is 10.0 Å². The number of hydrogen-bond acceptors (Lipinski definition) is 2. The third kappa shape index (κ3) is 2.32. The molecule has 1 aliphatic rings. The summed E-state index contributed by atoms with van der Waals surface area (Å²) in [5, 5.41) is 8.94. The fraction of sp³-hybridized carbons (Fsp3) is 0.333. The monoisotopic (exact) mass is 255 g/mol. The van der Waals surface area contributed by atoms with Crippen molar-refractivity contribution in [3.05, 3.63) is 35.4 Å². The van der Waals surface area contributed by atoms with Gasteiger partial charge in [0.15, 0.2) is 0 Å². The van der Waals surface area contributed by atoms with Crippen molar-refractivity contribution in [2.45, 2.75) is 25.4 Å². The van der Waals surface area contributed by atoms with Crippen LogP contribution in [0.15, 0.2) is 18.2 Å². The van der Waals surface area contributed by atoms with Gasteiger partial charge in [0, 0.05) is 18.5 Å². The Morgan fingerprint density at radius 3 is 2.83 bits per heavy atom. The van der Waals surface area contributed by atoms with Gasteiger partial charge in [-0.25, -0.2) is 13.6 Å². The predicted molar refractivity (Wildman–Crippen MR) is 57.6 cm³/mol. The van der Waals surface area contributed by atoms with Gasteiger partial charge in [0.2, 0.25) is 5.91 Å². The van der Waals surface area contributed by atoms with Crippen molar-refractivity contribution in [3.63, 3.8) is 0 Å². The van der Waals surface area contributed by atoms with Crippen LogP contribution in [0.1, 0.15) is 18.4 Å². The second-order valence-electron chi connectivity index (χ2n) is 4.15. The molecule has 1 heterocycles.